The summed E-state index contributed by atoms with van der Waals surface area (Å²) in [5.41, 5.74) is 0.280. The van der Waals surface area contributed by atoms with Gasteiger partial charge in [0.25, 0.3) is 16.1 Å². The number of halogens is 2. The minimum absolute atomic E-state index is 0.0638. The monoisotopic (exact) mass is 378 g/mol. The van der Waals surface area contributed by atoms with Gasteiger partial charge in [0.15, 0.2) is 5.84 Å². The summed E-state index contributed by atoms with van der Waals surface area (Å²) < 4.78 is 46.2. The number of benzene rings is 1. The highest BCUT2D eigenvalue weighted by atomic mass is 35.5. The van der Waals surface area contributed by atoms with Gasteiger partial charge in [-0.1, -0.05) is 11.6 Å². The van der Waals surface area contributed by atoms with Crippen LogP contribution in [0, 0.1) is 11.2 Å². The molecule has 0 saturated heterocycles. The number of amidine groups is 1. The van der Waals surface area contributed by atoms with Crippen LogP contribution in [0.1, 0.15) is 5.69 Å². The Kier molecular flexibility index (Phi) is 5.66. The maximum absolute atomic E-state index is 13.1. The molecular formula is C11H12ClFN6O4S. The minimum atomic E-state index is -3.83. The number of aromatic nitrogens is 2. The summed E-state index contributed by atoms with van der Waals surface area (Å²) in [6.07, 6.45) is 0. The molecule has 0 aliphatic heterocycles. The SMILES string of the molecule is N=C(Nc1ccc(F)c(Cl)c1)c1nonc1OCCNS(N)(=O)=O. The minimum Gasteiger partial charge on any atom is -0.472 e. The van der Waals surface area contributed by atoms with Crippen LogP contribution in [0.4, 0.5) is 10.1 Å². The molecule has 130 valence electrons. The second-order valence-electron chi connectivity index (χ2n) is 4.33. The molecule has 0 amide bonds. The number of hydrogen-bond acceptors (Lipinski definition) is 7. The van der Waals surface area contributed by atoms with Gasteiger partial charge in [-0.15, -0.1) is 0 Å². The lowest BCUT2D eigenvalue weighted by molar-refractivity contribution is 0.258. The smallest absolute Gasteiger partial charge is 0.287 e. The average Bonchev–Trinajstić information content (AvgIpc) is 2.95. The van der Waals surface area contributed by atoms with Crippen LogP contribution in [0.2, 0.25) is 5.02 Å². The van der Waals surface area contributed by atoms with Crippen molar-refractivity contribution >= 4 is 33.3 Å². The maximum Gasteiger partial charge on any atom is 0.287 e. The third-order valence-corrected chi connectivity index (χ3v) is 3.42. The zero-order valence-electron chi connectivity index (χ0n) is 11.9. The summed E-state index contributed by atoms with van der Waals surface area (Å²) in [4.78, 5) is 0. The first-order chi connectivity index (χ1) is 11.3. The first-order valence-corrected chi connectivity index (χ1v) is 8.22. The molecule has 1 aromatic heterocycles. The van der Waals surface area contributed by atoms with Crippen molar-refractivity contribution in [2.75, 3.05) is 18.5 Å². The van der Waals surface area contributed by atoms with Crippen LogP contribution >= 0.6 is 11.6 Å². The number of hydrogen-bond donors (Lipinski definition) is 4. The molecule has 13 heteroatoms. The van der Waals surface area contributed by atoms with Crippen molar-refractivity contribution in [3.05, 3.63) is 34.7 Å². The molecule has 1 heterocycles. The Morgan fingerprint density at radius 1 is 1.46 bits per heavy atom. The fourth-order valence-corrected chi connectivity index (χ4v) is 2.09. The average molecular weight is 379 g/mol. The molecule has 5 N–H and O–H groups in total. The van der Waals surface area contributed by atoms with E-state index in [1.807, 2.05) is 4.72 Å². The van der Waals surface area contributed by atoms with Gasteiger partial charge in [-0.3, -0.25) is 5.41 Å². The van der Waals surface area contributed by atoms with Gasteiger partial charge in [0.1, 0.15) is 12.4 Å². The van der Waals surface area contributed by atoms with Gasteiger partial charge in [0.05, 0.1) is 5.02 Å². The highest BCUT2D eigenvalue weighted by molar-refractivity contribution is 7.87. The molecule has 0 aliphatic rings. The van der Waals surface area contributed by atoms with Gasteiger partial charge in [-0.25, -0.2) is 14.2 Å². The van der Waals surface area contributed by atoms with Gasteiger partial charge in [0, 0.05) is 12.2 Å². The van der Waals surface area contributed by atoms with Crippen LogP contribution < -0.4 is 19.9 Å². The van der Waals surface area contributed by atoms with Crippen molar-refractivity contribution in [1.82, 2.24) is 15.0 Å². The van der Waals surface area contributed by atoms with E-state index in [9.17, 15) is 12.8 Å². The third-order valence-electron chi connectivity index (χ3n) is 2.53. The Bertz CT molecular complexity index is 843. The predicted octanol–water partition coefficient (Wildman–Crippen LogP) is 0.471. The van der Waals surface area contributed by atoms with Crippen LogP contribution in [0.25, 0.3) is 0 Å². The maximum atomic E-state index is 13.1. The summed E-state index contributed by atoms with van der Waals surface area (Å²) in [7, 11) is -3.83. The lowest BCUT2D eigenvalue weighted by Gasteiger charge is -2.08. The molecular weight excluding hydrogens is 367 g/mol. The van der Waals surface area contributed by atoms with Crippen molar-refractivity contribution in [3.63, 3.8) is 0 Å². The fraction of sp³-hybridized carbons (Fsp3) is 0.182. The topological polar surface area (TPSA) is 156 Å². The Morgan fingerprint density at radius 3 is 2.88 bits per heavy atom. The molecule has 0 bridgehead atoms. The number of rotatable bonds is 7. The molecule has 2 aromatic rings. The van der Waals surface area contributed by atoms with E-state index in [0.29, 0.717) is 5.69 Å². The van der Waals surface area contributed by atoms with E-state index in [0.717, 1.165) is 6.07 Å². The van der Waals surface area contributed by atoms with E-state index >= 15 is 0 Å². The number of anilines is 1. The molecule has 0 spiro atoms. The van der Waals surface area contributed by atoms with Crippen LogP contribution in [-0.2, 0) is 10.2 Å². The number of nitrogens with two attached hydrogens (primary N) is 1. The lowest BCUT2D eigenvalue weighted by atomic mass is 10.3. The zero-order chi connectivity index (χ0) is 17.7. The summed E-state index contributed by atoms with van der Waals surface area (Å²) in [6.45, 7) is -0.229. The van der Waals surface area contributed by atoms with Crippen LogP contribution in [0.5, 0.6) is 5.88 Å². The molecule has 0 unspecified atom stereocenters. The molecule has 0 fully saturated rings. The standard InChI is InChI=1S/C11H12ClFN6O4S/c12-7-5-6(1-2-8(7)13)17-10(14)9-11(19-23-18-9)22-4-3-16-24(15,20)21/h1-2,5,16H,3-4H2,(H2,14,17)(H2,15,20,21). The summed E-state index contributed by atoms with van der Waals surface area (Å²) in [5, 5.41) is 22.1. The molecule has 24 heavy (non-hydrogen) atoms. The number of nitrogens with zero attached hydrogens (tertiary/aromatic N) is 2. The Morgan fingerprint density at radius 2 is 2.21 bits per heavy atom. The predicted molar refractivity (Wildman–Crippen MR) is 82.8 cm³/mol. The molecule has 0 aliphatic carbocycles. The van der Waals surface area contributed by atoms with Crippen molar-refractivity contribution in [2.45, 2.75) is 0 Å². The van der Waals surface area contributed by atoms with E-state index in [1.54, 1.807) is 0 Å². The largest absolute Gasteiger partial charge is 0.472 e. The zero-order valence-corrected chi connectivity index (χ0v) is 13.5. The molecule has 0 radical (unpaired) electrons. The Hall–Kier alpha value is -2.28. The fourth-order valence-electron chi connectivity index (χ4n) is 1.54. The molecule has 2 rings (SSSR count). The summed E-state index contributed by atoms with van der Waals surface area (Å²) >= 11 is 5.65. The Balaban J connectivity index is 1.98. The second-order valence-corrected chi connectivity index (χ2v) is 6.12. The summed E-state index contributed by atoms with van der Waals surface area (Å²) in [6, 6.07) is 3.80. The summed E-state index contributed by atoms with van der Waals surface area (Å²) in [5.74, 6) is -0.964. The Labute approximate surface area is 140 Å². The van der Waals surface area contributed by atoms with E-state index in [4.69, 9.17) is 26.9 Å². The van der Waals surface area contributed by atoms with Crippen molar-refractivity contribution in [1.29, 1.82) is 5.41 Å². The van der Waals surface area contributed by atoms with Crippen LogP contribution in [0.15, 0.2) is 22.8 Å². The molecule has 1 aromatic carbocycles. The number of nitrogens with one attached hydrogen (secondary N) is 3. The van der Waals surface area contributed by atoms with Gasteiger partial charge >= 0.3 is 0 Å². The highest BCUT2D eigenvalue weighted by Crippen LogP contribution is 2.21. The van der Waals surface area contributed by atoms with E-state index < -0.39 is 16.0 Å². The van der Waals surface area contributed by atoms with E-state index in [1.165, 1.54) is 12.1 Å². The first kappa shape index (κ1) is 18.1. The second kappa shape index (κ2) is 7.53. The first-order valence-electron chi connectivity index (χ1n) is 6.30. The van der Waals surface area contributed by atoms with Crippen LogP contribution in [0.3, 0.4) is 0 Å². The van der Waals surface area contributed by atoms with E-state index in [2.05, 4.69) is 20.3 Å². The molecule has 0 atom stereocenters. The van der Waals surface area contributed by atoms with Gasteiger partial charge in [-0.2, -0.15) is 13.1 Å². The van der Waals surface area contributed by atoms with E-state index in [-0.39, 0.29) is 35.6 Å². The van der Waals surface area contributed by atoms with Crippen LogP contribution in [-0.4, -0.2) is 37.7 Å². The van der Waals surface area contributed by atoms with Crippen molar-refractivity contribution in [3.8, 4) is 5.88 Å². The molecule has 10 nitrogen and oxygen atoms in total. The number of ether oxygens (including phenoxy) is 1. The third kappa shape index (κ3) is 5.13. The highest BCUT2D eigenvalue weighted by Gasteiger charge is 2.17. The van der Waals surface area contributed by atoms with Crippen molar-refractivity contribution in [2.24, 2.45) is 5.14 Å². The van der Waals surface area contributed by atoms with Crippen molar-refractivity contribution < 1.29 is 22.2 Å². The van der Waals surface area contributed by atoms with Gasteiger partial charge in [-0.05, 0) is 28.5 Å². The van der Waals surface area contributed by atoms with Gasteiger partial charge < -0.3 is 10.1 Å². The lowest BCUT2D eigenvalue weighted by Crippen LogP contribution is -2.34. The molecule has 0 saturated carbocycles. The quantitative estimate of drug-likeness (QED) is 0.310. The normalized spacial score (nSPS) is 11.3. The van der Waals surface area contributed by atoms with Gasteiger partial charge in [0.2, 0.25) is 5.69 Å².